The summed E-state index contributed by atoms with van der Waals surface area (Å²) in [6, 6.07) is 5.75. The van der Waals surface area contributed by atoms with Crippen molar-refractivity contribution in [3.8, 4) is 5.75 Å². The first kappa shape index (κ1) is 21.6. The minimum absolute atomic E-state index is 0.0991. The zero-order chi connectivity index (χ0) is 20.5. The largest absolute Gasteiger partial charge is 0.497 e. The number of ether oxygens (including phenoxy) is 2. The summed E-state index contributed by atoms with van der Waals surface area (Å²) in [5.41, 5.74) is 0.403. The standard InChI is InChI=1S/C19H25N3O5S/c1-3-4-11-27-16(23)12-15-18(25)20-9-10-22(15)19(28)21-17(24)13-5-7-14(26-2)8-6-13/h5-8,15H,3-4,9-12H2,1-2H3,(H,20,25)(H,21,24,28). The van der Waals surface area contributed by atoms with Crippen LogP contribution >= 0.6 is 12.2 Å². The van der Waals surface area contributed by atoms with Crippen molar-refractivity contribution >= 4 is 35.1 Å². The van der Waals surface area contributed by atoms with Gasteiger partial charge in [0.25, 0.3) is 5.91 Å². The molecule has 28 heavy (non-hydrogen) atoms. The molecule has 0 spiro atoms. The number of methoxy groups -OCH3 is 1. The van der Waals surface area contributed by atoms with E-state index >= 15 is 0 Å². The molecule has 2 N–H and O–H groups in total. The third-order valence-corrected chi connectivity index (χ3v) is 4.62. The van der Waals surface area contributed by atoms with Crippen molar-refractivity contribution in [1.82, 2.24) is 15.5 Å². The van der Waals surface area contributed by atoms with E-state index < -0.39 is 17.9 Å². The molecule has 1 aromatic carbocycles. The van der Waals surface area contributed by atoms with Crippen LogP contribution in [0.1, 0.15) is 36.5 Å². The normalized spacial score (nSPS) is 16.1. The van der Waals surface area contributed by atoms with Gasteiger partial charge >= 0.3 is 5.97 Å². The van der Waals surface area contributed by atoms with Gasteiger partial charge in [0.1, 0.15) is 11.8 Å². The molecular weight excluding hydrogens is 382 g/mol. The van der Waals surface area contributed by atoms with Gasteiger partial charge in [-0.1, -0.05) is 13.3 Å². The molecule has 1 aliphatic heterocycles. The van der Waals surface area contributed by atoms with Gasteiger partial charge in [0.15, 0.2) is 5.11 Å². The van der Waals surface area contributed by atoms with E-state index in [4.69, 9.17) is 21.7 Å². The number of nitrogens with zero attached hydrogens (tertiary/aromatic N) is 1. The lowest BCUT2D eigenvalue weighted by Gasteiger charge is -2.36. The summed E-state index contributed by atoms with van der Waals surface area (Å²) >= 11 is 5.33. The summed E-state index contributed by atoms with van der Waals surface area (Å²) in [6.45, 7) is 3.08. The second-order valence-corrected chi connectivity index (χ2v) is 6.65. The Kier molecular flexibility index (Phi) is 8.19. The number of amides is 2. The predicted octanol–water partition coefficient (Wildman–Crippen LogP) is 1.24. The molecule has 1 aliphatic rings. The van der Waals surface area contributed by atoms with Crippen LogP contribution in [0.4, 0.5) is 0 Å². The van der Waals surface area contributed by atoms with E-state index in [0.717, 1.165) is 12.8 Å². The number of rotatable bonds is 7. The van der Waals surface area contributed by atoms with Crippen LogP contribution in [0, 0.1) is 0 Å². The maximum absolute atomic E-state index is 12.4. The van der Waals surface area contributed by atoms with Crippen LogP contribution in [0.2, 0.25) is 0 Å². The summed E-state index contributed by atoms with van der Waals surface area (Å²) < 4.78 is 10.2. The number of unbranched alkanes of at least 4 members (excludes halogenated alkanes) is 1. The van der Waals surface area contributed by atoms with Crippen LogP contribution in [-0.4, -0.2) is 60.6 Å². The quantitative estimate of drug-likeness (QED) is 0.399. The van der Waals surface area contributed by atoms with Crippen LogP contribution in [0.3, 0.4) is 0 Å². The molecule has 1 atom stereocenters. The van der Waals surface area contributed by atoms with Crippen molar-refractivity contribution in [2.45, 2.75) is 32.2 Å². The van der Waals surface area contributed by atoms with E-state index in [2.05, 4.69) is 10.6 Å². The molecule has 1 aromatic rings. The highest BCUT2D eigenvalue weighted by Gasteiger charge is 2.34. The molecule has 1 unspecified atom stereocenters. The highest BCUT2D eigenvalue weighted by atomic mass is 32.1. The van der Waals surface area contributed by atoms with Gasteiger partial charge in [-0.2, -0.15) is 0 Å². The molecule has 0 aromatic heterocycles. The second-order valence-electron chi connectivity index (χ2n) is 6.27. The first-order chi connectivity index (χ1) is 13.5. The number of hydrogen-bond donors (Lipinski definition) is 2. The van der Waals surface area contributed by atoms with E-state index in [1.165, 1.54) is 0 Å². The Balaban J connectivity index is 2.00. The van der Waals surface area contributed by atoms with E-state index in [9.17, 15) is 14.4 Å². The van der Waals surface area contributed by atoms with Crippen molar-refractivity contribution in [2.24, 2.45) is 0 Å². The monoisotopic (exact) mass is 407 g/mol. The molecule has 152 valence electrons. The molecule has 8 nitrogen and oxygen atoms in total. The lowest BCUT2D eigenvalue weighted by Crippen LogP contribution is -2.60. The van der Waals surface area contributed by atoms with Crippen LogP contribution in [0.5, 0.6) is 5.75 Å². The average Bonchev–Trinajstić information content (AvgIpc) is 2.69. The molecule has 0 saturated carbocycles. The molecule has 1 fully saturated rings. The smallest absolute Gasteiger partial charge is 0.308 e. The lowest BCUT2D eigenvalue weighted by molar-refractivity contribution is -0.147. The fraction of sp³-hybridized carbons (Fsp3) is 0.474. The van der Waals surface area contributed by atoms with Crippen LogP contribution in [0.15, 0.2) is 24.3 Å². The van der Waals surface area contributed by atoms with Crippen LogP contribution < -0.4 is 15.4 Å². The molecule has 1 saturated heterocycles. The van der Waals surface area contributed by atoms with E-state index in [1.54, 1.807) is 36.3 Å². The summed E-state index contributed by atoms with van der Waals surface area (Å²) in [7, 11) is 1.54. The van der Waals surface area contributed by atoms with Crippen molar-refractivity contribution in [3.63, 3.8) is 0 Å². The Morgan fingerprint density at radius 1 is 1.32 bits per heavy atom. The number of nitrogens with one attached hydrogen (secondary N) is 2. The van der Waals surface area contributed by atoms with Crippen molar-refractivity contribution in [2.75, 3.05) is 26.8 Å². The molecular formula is C19H25N3O5S. The summed E-state index contributed by atoms with van der Waals surface area (Å²) in [6.07, 6.45) is 1.54. The maximum Gasteiger partial charge on any atom is 0.308 e. The van der Waals surface area contributed by atoms with Gasteiger partial charge in [-0.15, -0.1) is 0 Å². The number of esters is 1. The van der Waals surface area contributed by atoms with Gasteiger partial charge in [-0.25, -0.2) is 0 Å². The van der Waals surface area contributed by atoms with Crippen LogP contribution in [0.25, 0.3) is 0 Å². The molecule has 2 amide bonds. The minimum Gasteiger partial charge on any atom is -0.497 e. The number of carbonyl (C=O) groups is 3. The molecule has 0 bridgehead atoms. The highest BCUT2D eigenvalue weighted by molar-refractivity contribution is 7.80. The Hall–Kier alpha value is -2.68. The van der Waals surface area contributed by atoms with Crippen molar-refractivity contribution < 1.29 is 23.9 Å². The predicted molar refractivity (Wildman–Crippen MR) is 107 cm³/mol. The third-order valence-electron chi connectivity index (χ3n) is 4.29. The third kappa shape index (κ3) is 5.91. The Morgan fingerprint density at radius 3 is 2.68 bits per heavy atom. The zero-order valence-corrected chi connectivity index (χ0v) is 16.8. The first-order valence-electron chi connectivity index (χ1n) is 9.15. The topological polar surface area (TPSA) is 97.0 Å². The molecule has 1 heterocycles. The summed E-state index contributed by atoms with van der Waals surface area (Å²) in [5.74, 6) is -0.555. The molecule has 2 rings (SSSR count). The van der Waals surface area contributed by atoms with Crippen molar-refractivity contribution in [3.05, 3.63) is 29.8 Å². The average molecular weight is 407 g/mol. The van der Waals surface area contributed by atoms with Gasteiger partial charge < -0.3 is 19.7 Å². The second kappa shape index (κ2) is 10.6. The Morgan fingerprint density at radius 2 is 2.04 bits per heavy atom. The fourth-order valence-corrected chi connectivity index (χ4v) is 3.00. The number of hydrogen-bond acceptors (Lipinski definition) is 6. The summed E-state index contributed by atoms with van der Waals surface area (Å²) in [5, 5.41) is 5.44. The van der Waals surface area contributed by atoms with Gasteiger partial charge in [0, 0.05) is 18.7 Å². The van der Waals surface area contributed by atoms with Crippen molar-refractivity contribution in [1.29, 1.82) is 0 Å². The van der Waals surface area contributed by atoms with Gasteiger partial charge in [-0.3, -0.25) is 19.7 Å². The maximum atomic E-state index is 12.4. The fourth-order valence-electron chi connectivity index (χ4n) is 2.69. The molecule has 0 radical (unpaired) electrons. The number of benzene rings is 1. The van der Waals surface area contributed by atoms with Gasteiger partial charge in [0.05, 0.1) is 20.1 Å². The van der Waals surface area contributed by atoms with Gasteiger partial charge in [0.2, 0.25) is 5.91 Å². The lowest BCUT2D eigenvalue weighted by atomic mass is 10.1. The summed E-state index contributed by atoms with van der Waals surface area (Å²) in [4.78, 5) is 38.3. The Bertz CT molecular complexity index is 723. The molecule has 0 aliphatic carbocycles. The van der Waals surface area contributed by atoms with E-state index in [-0.39, 0.29) is 17.4 Å². The van der Waals surface area contributed by atoms with E-state index in [1.807, 2.05) is 6.92 Å². The van der Waals surface area contributed by atoms with Crippen LogP contribution in [-0.2, 0) is 14.3 Å². The first-order valence-corrected chi connectivity index (χ1v) is 9.56. The zero-order valence-electron chi connectivity index (χ0n) is 16.0. The SMILES string of the molecule is CCCCOC(=O)CC1C(=O)NCCN1C(=S)NC(=O)c1ccc(OC)cc1. The minimum atomic E-state index is -0.813. The number of thiocarbonyl (C=S) groups is 1. The number of piperazine rings is 1. The Labute approximate surface area is 169 Å². The highest BCUT2D eigenvalue weighted by Crippen LogP contribution is 2.13. The molecule has 9 heteroatoms. The number of carbonyl (C=O) groups excluding carboxylic acids is 3. The van der Waals surface area contributed by atoms with E-state index in [0.29, 0.717) is 31.0 Å². The van der Waals surface area contributed by atoms with Gasteiger partial charge in [-0.05, 0) is 42.9 Å².